The molecule has 0 bridgehead atoms. The molecule has 0 radical (unpaired) electrons. The minimum Gasteiger partial charge on any atom is -0.345 e. The largest absolute Gasteiger partial charge is 0.345 e. The van der Waals surface area contributed by atoms with Crippen molar-refractivity contribution in [2.45, 2.75) is 64.2 Å². The maximum atomic E-state index is 14.5. The van der Waals surface area contributed by atoms with Crippen molar-refractivity contribution in [3.8, 4) is 0 Å². The Morgan fingerprint density at radius 1 is 1.19 bits per heavy atom. The highest BCUT2D eigenvalue weighted by Gasteiger charge is 2.58. The van der Waals surface area contributed by atoms with Gasteiger partial charge in [0.15, 0.2) is 0 Å². The van der Waals surface area contributed by atoms with Gasteiger partial charge in [-0.3, -0.25) is 14.4 Å². The van der Waals surface area contributed by atoms with E-state index in [1.807, 2.05) is 6.07 Å². The number of halogens is 1. The lowest BCUT2D eigenvalue weighted by Gasteiger charge is -2.50. The molecule has 5 rings (SSSR count). The fourth-order valence-electron chi connectivity index (χ4n) is 7.48. The molecule has 0 saturated heterocycles. The molecule has 1 N–H and O–H groups in total. The number of pyridine rings is 1. The number of aromatic nitrogens is 1. The molecule has 5 atom stereocenters. The number of hydrogen-bond donors (Lipinski definition) is 1. The van der Waals surface area contributed by atoms with Crippen LogP contribution in [0.5, 0.6) is 0 Å². The maximum absolute atomic E-state index is 14.5. The van der Waals surface area contributed by atoms with Gasteiger partial charge in [0.1, 0.15) is 17.4 Å². The second-order valence-corrected chi connectivity index (χ2v) is 11.6. The van der Waals surface area contributed by atoms with Crippen molar-refractivity contribution < 1.29 is 18.8 Å². The molecule has 3 unspecified atom stereocenters. The number of hydrogen-bond acceptors (Lipinski definition) is 4. The van der Waals surface area contributed by atoms with Crippen molar-refractivity contribution in [2.75, 3.05) is 19.4 Å². The number of benzene rings is 1. The Morgan fingerprint density at radius 3 is 2.73 bits per heavy atom. The van der Waals surface area contributed by atoms with Gasteiger partial charge in [-0.05, 0) is 91.5 Å². The Morgan fingerprint density at radius 2 is 2.00 bits per heavy atom. The summed E-state index contributed by atoms with van der Waals surface area (Å²) in [4.78, 5) is 43.5. The number of ketones is 1. The van der Waals surface area contributed by atoms with Crippen LogP contribution in [0.1, 0.15) is 79.3 Å². The van der Waals surface area contributed by atoms with Gasteiger partial charge in [0.2, 0.25) is 5.91 Å². The highest BCUT2D eigenvalue weighted by atomic mass is 19.1. The van der Waals surface area contributed by atoms with Crippen molar-refractivity contribution in [3.05, 3.63) is 59.0 Å². The Bertz CT molecular complexity index is 1210. The van der Waals surface area contributed by atoms with Gasteiger partial charge in [0.05, 0.1) is 5.56 Å². The molecular formula is C30H36FN3O3. The lowest BCUT2D eigenvalue weighted by Crippen LogP contribution is -2.44. The van der Waals surface area contributed by atoms with Gasteiger partial charge in [-0.1, -0.05) is 19.1 Å². The van der Waals surface area contributed by atoms with Crippen LogP contribution in [0.15, 0.2) is 36.5 Å². The molecule has 37 heavy (non-hydrogen) atoms. The fraction of sp³-hybridized carbons (Fsp3) is 0.533. The van der Waals surface area contributed by atoms with E-state index in [0.29, 0.717) is 54.2 Å². The molecule has 1 aromatic heterocycles. The van der Waals surface area contributed by atoms with Crippen LogP contribution in [0.2, 0.25) is 0 Å². The molecule has 3 aliphatic carbocycles. The topological polar surface area (TPSA) is 79.4 Å². The molecule has 196 valence electrons. The first-order chi connectivity index (χ1) is 17.7. The molecule has 2 amide bonds. The minimum atomic E-state index is -0.297. The SMILES string of the molecule is CN(C)C(=O)c1ccc(NC(=O)CCC[C@@H]2CC(=O)[C@@]3(C)CCC4c5cccc(F)c5CCC4C23)nc1. The summed E-state index contributed by atoms with van der Waals surface area (Å²) in [5.41, 5.74) is 2.20. The highest BCUT2D eigenvalue weighted by molar-refractivity contribution is 5.94. The molecule has 1 heterocycles. The summed E-state index contributed by atoms with van der Waals surface area (Å²) in [6.45, 7) is 2.15. The summed E-state index contributed by atoms with van der Waals surface area (Å²) in [5.74, 6) is 1.72. The standard InChI is InChI=1S/C30H36FN3O3/c1-30-15-14-21-20-7-5-8-24(31)22(20)11-12-23(21)28(30)18(16-25(30)35)6-4-9-27(36)33-26-13-10-19(17-32-26)29(37)34(2)3/h5,7-8,10,13,17-18,21,23,28H,4,6,9,11-12,14-16H2,1-3H3,(H,32,33,36)/t18-,21?,23?,28?,30-/m1/s1. The quantitative estimate of drug-likeness (QED) is 0.572. The maximum Gasteiger partial charge on any atom is 0.254 e. The second kappa shape index (κ2) is 9.99. The normalized spacial score (nSPS) is 28.2. The monoisotopic (exact) mass is 505 g/mol. The van der Waals surface area contributed by atoms with E-state index in [0.717, 1.165) is 43.2 Å². The van der Waals surface area contributed by atoms with Gasteiger partial charge in [-0.25, -0.2) is 9.37 Å². The van der Waals surface area contributed by atoms with Crippen molar-refractivity contribution in [1.82, 2.24) is 9.88 Å². The zero-order valence-electron chi connectivity index (χ0n) is 21.9. The number of anilines is 1. The Hall–Kier alpha value is -3.09. The van der Waals surface area contributed by atoms with Crippen LogP contribution in [-0.2, 0) is 16.0 Å². The van der Waals surface area contributed by atoms with Crippen molar-refractivity contribution >= 4 is 23.4 Å². The summed E-state index contributed by atoms with van der Waals surface area (Å²) in [6.07, 6.45) is 7.44. The molecule has 3 aliphatic rings. The molecular weight excluding hydrogens is 469 g/mol. The number of rotatable bonds is 6. The molecule has 2 aromatic rings. The molecule has 2 fully saturated rings. The van der Waals surface area contributed by atoms with E-state index in [4.69, 9.17) is 0 Å². The van der Waals surface area contributed by atoms with Crippen molar-refractivity contribution in [2.24, 2.45) is 23.2 Å². The summed E-state index contributed by atoms with van der Waals surface area (Å²) >= 11 is 0. The molecule has 1 aromatic carbocycles. The van der Waals surface area contributed by atoms with Gasteiger partial charge >= 0.3 is 0 Å². The van der Waals surface area contributed by atoms with Crippen LogP contribution in [0.3, 0.4) is 0 Å². The van der Waals surface area contributed by atoms with E-state index >= 15 is 0 Å². The van der Waals surface area contributed by atoms with Gasteiger partial charge in [0.25, 0.3) is 5.91 Å². The van der Waals surface area contributed by atoms with Crippen LogP contribution in [0.4, 0.5) is 10.2 Å². The lowest BCUT2D eigenvalue weighted by molar-refractivity contribution is -0.129. The van der Waals surface area contributed by atoms with Gasteiger partial charge in [0, 0.05) is 38.5 Å². The first kappa shape index (κ1) is 25.6. The highest BCUT2D eigenvalue weighted by Crippen LogP contribution is 2.62. The predicted octanol–water partition coefficient (Wildman–Crippen LogP) is 5.38. The molecule has 0 spiro atoms. The fourth-order valence-corrected chi connectivity index (χ4v) is 7.48. The average molecular weight is 506 g/mol. The van der Waals surface area contributed by atoms with E-state index in [2.05, 4.69) is 23.3 Å². The number of nitrogens with one attached hydrogen (secondary N) is 1. The first-order valence-corrected chi connectivity index (χ1v) is 13.5. The second-order valence-electron chi connectivity index (χ2n) is 11.6. The van der Waals surface area contributed by atoms with Crippen LogP contribution in [0.25, 0.3) is 0 Å². The zero-order chi connectivity index (χ0) is 26.3. The van der Waals surface area contributed by atoms with Crippen molar-refractivity contribution in [3.63, 3.8) is 0 Å². The lowest BCUT2D eigenvalue weighted by atomic mass is 9.54. The number of nitrogens with zero attached hydrogens (tertiary/aromatic N) is 2. The number of fused-ring (bicyclic) bond motifs is 5. The van der Waals surface area contributed by atoms with Crippen LogP contribution in [-0.4, -0.2) is 41.6 Å². The summed E-state index contributed by atoms with van der Waals surface area (Å²) in [7, 11) is 3.36. The summed E-state index contributed by atoms with van der Waals surface area (Å²) in [5, 5.41) is 2.82. The third-order valence-electron chi connectivity index (χ3n) is 9.23. The number of carbonyl (C=O) groups is 3. The Balaban J connectivity index is 1.21. The summed E-state index contributed by atoms with van der Waals surface area (Å²) in [6, 6.07) is 8.77. The Kier molecular flexibility index (Phi) is 6.90. The summed E-state index contributed by atoms with van der Waals surface area (Å²) < 4.78 is 14.5. The van der Waals surface area contributed by atoms with Crippen LogP contribution in [0, 0.1) is 29.0 Å². The Labute approximate surface area is 218 Å². The average Bonchev–Trinajstić information content (AvgIpc) is 3.13. The first-order valence-electron chi connectivity index (χ1n) is 13.5. The third kappa shape index (κ3) is 4.69. The van der Waals surface area contributed by atoms with E-state index < -0.39 is 0 Å². The van der Waals surface area contributed by atoms with Crippen molar-refractivity contribution in [1.29, 1.82) is 0 Å². The molecule has 0 aliphatic heterocycles. The number of Topliss-reactive ketones (excluding diaryl/α,β-unsaturated/α-hetero) is 1. The number of amides is 2. The smallest absolute Gasteiger partial charge is 0.254 e. The van der Waals surface area contributed by atoms with E-state index in [9.17, 15) is 18.8 Å². The molecule has 7 heteroatoms. The molecule has 6 nitrogen and oxygen atoms in total. The van der Waals surface area contributed by atoms with E-state index in [1.165, 1.54) is 11.1 Å². The minimum absolute atomic E-state index is 0.0947. The van der Waals surface area contributed by atoms with Crippen LogP contribution >= 0.6 is 0 Å². The van der Waals surface area contributed by atoms with Crippen LogP contribution < -0.4 is 5.32 Å². The molecule has 2 saturated carbocycles. The van der Waals surface area contributed by atoms with E-state index in [1.54, 1.807) is 32.3 Å². The predicted molar refractivity (Wildman–Crippen MR) is 140 cm³/mol. The number of carbonyl (C=O) groups excluding carboxylic acids is 3. The third-order valence-corrected chi connectivity index (χ3v) is 9.23. The zero-order valence-corrected chi connectivity index (χ0v) is 21.9. The van der Waals surface area contributed by atoms with Gasteiger partial charge < -0.3 is 10.2 Å². The van der Waals surface area contributed by atoms with Gasteiger partial charge in [-0.15, -0.1) is 0 Å². The van der Waals surface area contributed by atoms with Gasteiger partial charge in [-0.2, -0.15) is 0 Å². The van der Waals surface area contributed by atoms with E-state index in [-0.39, 0.29) is 29.0 Å².